The highest BCUT2D eigenvalue weighted by atomic mass is 32.2. The second kappa shape index (κ2) is 12.5. The maximum absolute atomic E-state index is 14.4. The van der Waals surface area contributed by atoms with Crippen LogP contribution in [0.1, 0.15) is 33.6 Å². The molecule has 1 aliphatic heterocycles. The van der Waals surface area contributed by atoms with E-state index in [4.69, 9.17) is 4.74 Å². The topological polar surface area (TPSA) is 96.5 Å². The van der Waals surface area contributed by atoms with E-state index in [0.29, 0.717) is 28.6 Å². The van der Waals surface area contributed by atoms with E-state index in [1.54, 1.807) is 18.2 Å². The van der Waals surface area contributed by atoms with Crippen LogP contribution in [0.5, 0.6) is 5.75 Å². The van der Waals surface area contributed by atoms with Gasteiger partial charge in [0.25, 0.3) is 5.91 Å². The van der Waals surface area contributed by atoms with Crippen LogP contribution in [-0.4, -0.2) is 58.5 Å². The van der Waals surface area contributed by atoms with Crippen molar-refractivity contribution in [2.24, 2.45) is 0 Å². The third-order valence-electron chi connectivity index (χ3n) is 6.43. The van der Waals surface area contributed by atoms with E-state index in [-0.39, 0.29) is 51.5 Å². The van der Waals surface area contributed by atoms with Crippen LogP contribution < -0.4 is 20.7 Å². The van der Waals surface area contributed by atoms with Gasteiger partial charge in [-0.1, -0.05) is 24.0 Å². The van der Waals surface area contributed by atoms with Crippen molar-refractivity contribution in [2.45, 2.75) is 31.5 Å². The molecule has 0 unspecified atom stereocenters. The zero-order valence-corrected chi connectivity index (χ0v) is 23.4. The molecule has 41 heavy (non-hydrogen) atoms. The summed E-state index contributed by atoms with van der Waals surface area (Å²) in [6.07, 6.45) is -4.89. The molecule has 3 aromatic rings. The number of halogens is 5. The van der Waals surface area contributed by atoms with Gasteiger partial charge >= 0.3 is 6.18 Å². The number of hydrogen-bond acceptors (Lipinski definition) is 7. The van der Waals surface area contributed by atoms with Gasteiger partial charge in [0.2, 0.25) is 6.86 Å². The van der Waals surface area contributed by atoms with Gasteiger partial charge in [-0.2, -0.15) is 13.2 Å². The number of alkyl halides is 4. The number of sulfone groups is 1. The lowest BCUT2D eigenvalue weighted by Gasteiger charge is -2.24. The van der Waals surface area contributed by atoms with E-state index in [1.807, 2.05) is 0 Å². The predicted octanol–water partition coefficient (Wildman–Crippen LogP) is 5.26. The van der Waals surface area contributed by atoms with Crippen molar-refractivity contribution in [3.05, 3.63) is 52.2 Å². The van der Waals surface area contributed by atoms with Gasteiger partial charge in [-0.3, -0.25) is 4.79 Å². The fourth-order valence-corrected chi connectivity index (χ4v) is 7.12. The molecule has 1 amide bonds. The molecule has 0 bridgehead atoms. The van der Waals surface area contributed by atoms with Gasteiger partial charge in [0.15, 0.2) is 0 Å². The Kier molecular flexibility index (Phi) is 9.28. The highest BCUT2D eigenvalue weighted by Gasteiger charge is 2.31. The van der Waals surface area contributed by atoms with Crippen LogP contribution in [0.3, 0.4) is 0 Å². The van der Waals surface area contributed by atoms with E-state index < -0.39 is 41.0 Å². The molecule has 7 nitrogen and oxygen atoms in total. The van der Waals surface area contributed by atoms with E-state index in [0.717, 1.165) is 23.5 Å². The molecular weight excluding hydrogens is 589 g/mol. The molecule has 220 valence electrons. The van der Waals surface area contributed by atoms with Gasteiger partial charge in [0.05, 0.1) is 51.0 Å². The summed E-state index contributed by atoms with van der Waals surface area (Å²) in [5, 5.41) is 8.70. The highest BCUT2D eigenvalue weighted by Crippen LogP contribution is 2.39. The smallest absolute Gasteiger partial charge is 0.393 e. The SMILES string of the molecule is CNC(=O)c1cc(OCF)c(NCC#Cc2sc3c(NC4CCS(=O)(=O)CC4)cccc3c2CC(F)(F)F)cc1F. The van der Waals surface area contributed by atoms with E-state index in [9.17, 15) is 35.2 Å². The Morgan fingerprint density at radius 3 is 2.56 bits per heavy atom. The number of benzene rings is 2. The van der Waals surface area contributed by atoms with Crippen molar-refractivity contribution >= 4 is 48.5 Å². The number of anilines is 2. The maximum atomic E-state index is 14.4. The largest absolute Gasteiger partial charge is 0.461 e. The second-order valence-electron chi connectivity index (χ2n) is 9.27. The maximum Gasteiger partial charge on any atom is 0.393 e. The second-order valence-corrected chi connectivity index (χ2v) is 12.6. The minimum atomic E-state index is -4.49. The van der Waals surface area contributed by atoms with Gasteiger partial charge in [0.1, 0.15) is 21.4 Å². The van der Waals surface area contributed by atoms with Gasteiger partial charge in [0, 0.05) is 19.2 Å². The molecule has 0 atom stereocenters. The fourth-order valence-electron chi connectivity index (χ4n) is 4.46. The quantitative estimate of drug-likeness (QED) is 0.236. The molecule has 1 fully saturated rings. The number of nitrogens with one attached hydrogen (secondary N) is 3. The number of rotatable bonds is 8. The Morgan fingerprint density at radius 2 is 1.90 bits per heavy atom. The fraction of sp³-hybridized carbons (Fsp3) is 0.370. The van der Waals surface area contributed by atoms with Crippen molar-refractivity contribution < 1.29 is 39.9 Å². The van der Waals surface area contributed by atoms with Gasteiger partial charge in [-0.05, 0) is 35.9 Å². The van der Waals surface area contributed by atoms with E-state index >= 15 is 0 Å². The van der Waals surface area contributed by atoms with Crippen molar-refractivity contribution in [3.8, 4) is 17.6 Å². The average Bonchev–Trinajstić information content (AvgIpc) is 3.25. The average molecular weight is 616 g/mol. The summed E-state index contributed by atoms with van der Waals surface area (Å²) in [4.78, 5) is 12.0. The zero-order chi connectivity index (χ0) is 29.8. The van der Waals surface area contributed by atoms with Gasteiger partial charge in [-0.15, -0.1) is 11.3 Å². The van der Waals surface area contributed by atoms with Crippen LogP contribution in [-0.2, 0) is 16.3 Å². The number of amides is 1. The lowest BCUT2D eigenvalue weighted by Crippen LogP contribution is -2.32. The summed E-state index contributed by atoms with van der Waals surface area (Å²) in [6.45, 7) is -1.39. The Hall–Kier alpha value is -3.57. The van der Waals surface area contributed by atoms with Crippen molar-refractivity contribution in [1.82, 2.24) is 5.32 Å². The lowest BCUT2D eigenvalue weighted by molar-refractivity contribution is -0.126. The molecule has 0 aliphatic carbocycles. The molecule has 2 aromatic carbocycles. The molecule has 4 rings (SSSR count). The molecule has 0 spiro atoms. The molecule has 1 aliphatic rings. The summed E-state index contributed by atoms with van der Waals surface area (Å²) < 4.78 is 96.8. The minimum absolute atomic E-state index is 0.00920. The van der Waals surface area contributed by atoms with Crippen molar-refractivity contribution in [2.75, 3.05) is 42.6 Å². The number of hydrogen-bond donors (Lipinski definition) is 3. The Balaban J connectivity index is 1.61. The van der Waals surface area contributed by atoms with Crippen LogP contribution in [0.15, 0.2) is 30.3 Å². The number of ether oxygens (including phenoxy) is 1. The third-order valence-corrected chi connectivity index (χ3v) is 9.34. The van der Waals surface area contributed by atoms with Crippen LogP contribution in [0.25, 0.3) is 10.1 Å². The molecule has 14 heteroatoms. The monoisotopic (exact) mass is 615 g/mol. The number of carbonyl (C=O) groups excluding carboxylic acids is 1. The molecular formula is C27H26F5N3O4S2. The zero-order valence-electron chi connectivity index (χ0n) is 21.8. The molecule has 1 saturated heterocycles. The first-order valence-corrected chi connectivity index (χ1v) is 15.1. The molecule has 1 aromatic heterocycles. The first kappa shape index (κ1) is 30.4. The third kappa shape index (κ3) is 7.59. The summed E-state index contributed by atoms with van der Waals surface area (Å²) in [5.74, 6) is 3.83. The highest BCUT2D eigenvalue weighted by molar-refractivity contribution is 7.91. The first-order valence-electron chi connectivity index (χ1n) is 12.5. The Bertz CT molecular complexity index is 1600. The summed E-state index contributed by atoms with van der Waals surface area (Å²) in [7, 11) is -1.77. The van der Waals surface area contributed by atoms with E-state index in [2.05, 4.69) is 27.8 Å². The standard InChI is InChI=1S/C27H26F5N3O4S2/c1-33-26(36)18-12-23(39-15-28)22(13-20(18)29)34-9-3-6-24-19(14-27(30,31)32)17-4-2-5-21(25(17)40-24)35-16-7-10-41(37,38)11-8-16/h2,4-5,12-13,16,34-35H,7-11,14-15H2,1H3,(H,33,36). The minimum Gasteiger partial charge on any atom is -0.461 e. The Labute approximate surface area is 237 Å². The molecule has 0 saturated carbocycles. The Morgan fingerprint density at radius 1 is 1.17 bits per heavy atom. The van der Waals surface area contributed by atoms with Gasteiger partial charge in [-0.25, -0.2) is 17.2 Å². The van der Waals surface area contributed by atoms with Crippen LogP contribution in [0.2, 0.25) is 0 Å². The summed E-state index contributed by atoms with van der Waals surface area (Å²) >= 11 is 1.09. The molecule has 3 N–H and O–H groups in total. The number of fused-ring (bicyclic) bond motifs is 1. The number of carbonyl (C=O) groups is 1. The van der Waals surface area contributed by atoms with Crippen LogP contribution in [0.4, 0.5) is 33.3 Å². The summed E-state index contributed by atoms with van der Waals surface area (Å²) in [5.41, 5.74) is 0.275. The van der Waals surface area contributed by atoms with E-state index in [1.165, 1.54) is 7.05 Å². The van der Waals surface area contributed by atoms with Gasteiger partial charge < -0.3 is 20.7 Å². The van der Waals surface area contributed by atoms with Crippen LogP contribution >= 0.6 is 11.3 Å². The predicted molar refractivity (Wildman–Crippen MR) is 149 cm³/mol. The lowest BCUT2D eigenvalue weighted by atomic mass is 10.1. The number of thiophene rings is 1. The van der Waals surface area contributed by atoms with Crippen molar-refractivity contribution in [1.29, 1.82) is 0 Å². The molecule has 0 radical (unpaired) electrons. The van der Waals surface area contributed by atoms with Crippen LogP contribution in [0, 0.1) is 17.7 Å². The normalized spacial score (nSPS) is 15.2. The summed E-state index contributed by atoms with van der Waals surface area (Å²) in [6, 6.07) is 6.81. The first-order chi connectivity index (χ1) is 19.4. The molecule has 2 heterocycles. The van der Waals surface area contributed by atoms with Crippen molar-refractivity contribution in [3.63, 3.8) is 0 Å².